The Morgan fingerprint density at radius 3 is 2.66 bits per heavy atom. The first-order valence-electron chi connectivity index (χ1n) is 10.2. The number of nitrogens with one attached hydrogen (secondary N) is 1. The van der Waals surface area contributed by atoms with Crippen LogP contribution in [-0.4, -0.2) is 32.0 Å². The van der Waals surface area contributed by atoms with Gasteiger partial charge < -0.3 is 10.2 Å². The predicted octanol–water partition coefficient (Wildman–Crippen LogP) is 3.77. The summed E-state index contributed by atoms with van der Waals surface area (Å²) in [5.41, 5.74) is 3.26. The highest BCUT2D eigenvalue weighted by Gasteiger charge is 2.45. The van der Waals surface area contributed by atoms with E-state index in [4.69, 9.17) is 0 Å². The first-order valence-corrected chi connectivity index (χ1v) is 11.0. The van der Waals surface area contributed by atoms with Crippen molar-refractivity contribution in [3.05, 3.63) is 82.8 Å². The van der Waals surface area contributed by atoms with Gasteiger partial charge in [-0.15, -0.1) is 16.4 Å². The Morgan fingerprint density at radius 1 is 1.09 bits per heavy atom. The molecule has 3 heterocycles. The van der Waals surface area contributed by atoms with E-state index in [2.05, 4.69) is 20.8 Å². The zero-order chi connectivity index (χ0) is 22.1. The number of carbonyl (C=O) groups is 2. The molecule has 1 aliphatic heterocycles. The Kier molecular flexibility index (Phi) is 5.24. The first-order chi connectivity index (χ1) is 15.6. The summed E-state index contributed by atoms with van der Waals surface area (Å²) >= 11 is 1.55. The molecular weight excluding hydrogens is 424 g/mol. The van der Waals surface area contributed by atoms with Crippen molar-refractivity contribution in [2.75, 3.05) is 10.2 Å². The smallest absolute Gasteiger partial charge is 0.230 e. The van der Waals surface area contributed by atoms with Crippen molar-refractivity contribution in [1.29, 1.82) is 0 Å². The number of hydrogen-bond acceptors (Lipinski definition) is 6. The van der Waals surface area contributed by atoms with Crippen molar-refractivity contribution in [2.24, 2.45) is 5.92 Å². The summed E-state index contributed by atoms with van der Waals surface area (Å²) in [5.74, 6) is -0.769. The minimum absolute atomic E-state index is 0.0603. The third kappa shape index (κ3) is 3.78. The maximum atomic E-state index is 13.4. The summed E-state index contributed by atoms with van der Waals surface area (Å²) in [6.45, 7) is 2.01. The molecule has 0 spiro atoms. The number of amides is 2. The molecule has 160 valence electrons. The summed E-state index contributed by atoms with van der Waals surface area (Å²) < 4.78 is 1.52. The first kappa shape index (κ1) is 20.1. The second kappa shape index (κ2) is 8.35. The zero-order valence-corrected chi connectivity index (χ0v) is 18.1. The van der Waals surface area contributed by atoms with Crippen LogP contribution in [-0.2, 0) is 9.59 Å². The molecule has 9 heteroatoms. The normalized spacial score (nSPS) is 18.2. The number of aryl methyl sites for hydroxylation is 1. The van der Waals surface area contributed by atoms with Gasteiger partial charge in [-0.3, -0.25) is 9.59 Å². The van der Waals surface area contributed by atoms with Gasteiger partial charge in [-0.2, -0.15) is 0 Å². The van der Waals surface area contributed by atoms with Gasteiger partial charge in [-0.1, -0.05) is 29.8 Å². The SMILES string of the molecule is Cc1ccc(N2C(=O)C[C@@H](C(=O)Nc3cccc(-n4cnnn4)c3)[C@@H]2c2cccs2)cc1. The molecule has 5 rings (SSSR count). The lowest BCUT2D eigenvalue weighted by molar-refractivity contribution is -0.122. The Balaban J connectivity index is 1.44. The molecule has 2 aromatic carbocycles. The Hall–Kier alpha value is -3.85. The number of tetrazole rings is 1. The van der Waals surface area contributed by atoms with Crippen LogP contribution < -0.4 is 10.2 Å². The maximum Gasteiger partial charge on any atom is 0.230 e. The van der Waals surface area contributed by atoms with Crippen LogP contribution in [0.1, 0.15) is 22.9 Å². The van der Waals surface area contributed by atoms with Crippen molar-refractivity contribution in [1.82, 2.24) is 20.2 Å². The molecule has 4 aromatic rings. The van der Waals surface area contributed by atoms with E-state index in [1.54, 1.807) is 28.4 Å². The van der Waals surface area contributed by atoms with Gasteiger partial charge >= 0.3 is 0 Å². The van der Waals surface area contributed by atoms with Gasteiger partial charge in [0.05, 0.1) is 17.6 Å². The van der Waals surface area contributed by atoms with E-state index >= 15 is 0 Å². The summed E-state index contributed by atoms with van der Waals surface area (Å²) in [4.78, 5) is 29.2. The Morgan fingerprint density at radius 2 is 1.94 bits per heavy atom. The van der Waals surface area contributed by atoms with Crippen LogP contribution in [0.2, 0.25) is 0 Å². The van der Waals surface area contributed by atoms with Crippen LogP contribution in [0.25, 0.3) is 5.69 Å². The number of benzene rings is 2. The van der Waals surface area contributed by atoms with Crippen molar-refractivity contribution in [3.8, 4) is 5.69 Å². The van der Waals surface area contributed by atoms with Crippen molar-refractivity contribution < 1.29 is 9.59 Å². The van der Waals surface area contributed by atoms with Gasteiger partial charge in [0.15, 0.2) is 0 Å². The topological polar surface area (TPSA) is 93.0 Å². The third-order valence-corrected chi connectivity index (χ3v) is 6.48. The monoisotopic (exact) mass is 444 g/mol. The van der Waals surface area contributed by atoms with Crippen LogP contribution in [0.4, 0.5) is 11.4 Å². The van der Waals surface area contributed by atoms with Crippen LogP contribution in [0, 0.1) is 12.8 Å². The second-order valence-electron chi connectivity index (χ2n) is 7.66. The van der Waals surface area contributed by atoms with Gasteiger partial charge in [-0.05, 0) is 59.1 Å². The molecule has 32 heavy (non-hydrogen) atoms. The molecule has 1 aliphatic rings. The highest BCUT2D eigenvalue weighted by Crippen LogP contribution is 2.43. The third-order valence-electron chi connectivity index (χ3n) is 5.53. The number of thiophene rings is 1. The van der Waals surface area contributed by atoms with Gasteiger partial charge in [0.1, 0.15) is 6.33 Å². The Bertz CT molecular complexity index is 1240. The van der Waals surface area contributed by atoms with E-state index in [1.165, 1.54) is 11.0 Å². The predicted molar refractivity (Wildman–Crippen MR) is 122 cm³/mol. The average molecular weight is 445 g/mol. The van der Waals surface area contributed by atoms with Crippen molar-refractivity contribution in [2.45, 2.75) is 19.4 Å². The molecule has 0 bridgehead atoms. The van der Waals surface area contributed by atoms with Gasteiger partial charge in [-0.25, -0.2) is 4.68 Å². The van der Waals surface area contributed by atoms with Crippen LogP contribution in [0.15, 0.2) is 72.4 Å². The van der Waals surface area contributed by atoms with Crippen LogP contribution in [0.5, 0.6) is 0 Å². The lowest BCUT2D eigenvalue weighted by Gasteiger charge is -2.27. The molecule has 2 aromatic heterocycles. The van der Waals surface area contributed by atoms with E-state index in [0.717, 1.165) is 21.8 Å². The standard InChI is InChI=1S/C23H20N6O2S/c1-15-7-9-17(10-8-15)29-21(30)13-19(22(29)20-6-3-11-32-20)23(31)25-16-4-2-5-18(12-16)28-14-24-26-27-28/h2-12,14,19,22H,13H2,1H3,(H,25,31)/t19-,22-/m1/s1. The van der Waals surface area contributed by atoms with E-state index in [0.29, 0.717) is 5.69 Å². The lowest BCUT2D eigenvalue weighted by atomic mass is 9.97. The summed E-state index contributed by atoms with van der Waals surface area (Å²) in [5, 5.41) is 16.1. The van der Waals surface area contributed by atoms with Crippen LogP contribution in [0.3, 0.4) is 0 Å². The minimum Gasteiger partial charge on any atom is -0.326 e. The lowest BCUT2D eigenvalue weighted by Crippen LogP contribution is -2.32. The van der Waals surface area contributed by atoms with E-state index in [1.807, 2.05) is 60.8 Å². The van der Waals surface area contributed by atoms with Gasteiger partial charge in [0, 0.05) is 22.7 Å². The summed E-state index contributed by atoms with van der Waals surface area (Å²) in [6.07, 6.45) is 1.64. The fourth-order valence-electron chi connectivity index (χ4n) is 4.01. The molecule has 1 fully saturated rings. The number of hydrogen-bond donors (Lipinski definition) is 1. The number of rotatable bonds is 5. The number of carbonyl (C=O) groups excluding carboxylic acids is 2. The van der Waals surface area contributed by atoms with E-state index < -0.39 is 5.92 Å². The van der Waals surface area contributed by atoms with E-state index in [9.17, 15) is 9.59 Å². The second-order valence-corrected chi connectivity index (χ2v) is 8.64. The van der Waals surface area contributed by atoms with Crippen molar-refractivity contribution >= 4 is 34.5 Å². The number of anilines is 2. The maximum absolute atomic E-state index is 13.4. The molecule has 8 nitrogen and oxygen atoms in total. The zero-order valence-electron chi connectivity index (χ0n) is 17.3. The molecule has 1 saturated heterocycles. The quantitative estimate of drug-likeness (QED) is 0.506. The molecule has 2 atom stereocenters. The summed E-state index contributed by atoms with van der Waals surface area (Å²) in [6, 6.07) is 18.7. The molecule has 0 saturated carbocycles. The van der Waals surface area contributed by atoms with Gasteiger partial charge in [0.2, 0.25) is 11.8 Å². The van der Waals surface area contributed by atoms with E-state index in [-0.39, 0.29) is 24.3 Å². The minimum atomic E-state index is -0.515. The molecule has 1 N–H and O–H groups in total. The van der Waals surface area contributed by atoms with Crippen LogP contribution >= 0.6 is 11.3 Å². The largest absolute Gasteiger partial charge is 0.326 e. The highest BCUT2D eigenvalue weighted by molar-refractivity contribution is 7.10. The molecule has 0 aliphatic carbocycles. The highest BCUT2D eigenvalue weighted by atomic mass is 32.1. The fraction of sp³-hybridized carbons (Fsp3) is 0.174. The van der Waals surface area contributed by atoms with Gasteiger partial charge in [0.25, 0.3) is 0 Å². The molecule has 0 radical (unpaired) electrons. The molecule has 0 unspecified atom stereocenters. The molecule has 2 amide bonds. The summed E-state index contributed by atoms with van der Waals surface area (Å²) in [7, 11) is 0. The fourth-order valence-corrected chi connectivity index (χ4v) is 4.89. The average Bonchev–Trinajstić information content (AvgIpc) is 3.56. The number of aromatic nitrogens is 4. The Labute approximate surface area is 188 Å². The number of nitrogens with zero attached hydrogens (tertiary/aromatic N) is 5. The van der Waals surface area contributed by atoms with Crippen molar-refractivity contribution in [3.63, 3.8) is 0 Å². The molecular formula is C23H20N6O2S.